The molecule has 0 aliphatic heterocycles. The minimum atomic E-state index is 0.652. The first-order valence-corrected chi connectivity index (χ1v) is 11.6. The van der Waals surface area contributed by atoms with E-state index in [0.717, 1.165) is 65.0 Å². The zero-order chi connectivity index (χ0) is 23.5. The number of halogens is 1. The second-order valence-electron chi connectivity index (χ2n) is 7.73. The molecule has 33 heavy (non-hydrogen) atoms. The largest absolute Gasteiger partial charge is 0.497 e. The number of methoxy groups -OCH3 is 2. The molecule has 0 atom stereocenters. The lowest BCUT2D eigenvalue weighted by Crippen LogP contribution is -2.14. The molecule has 0 saturated heterocycles. The van der Waals surface area contributed by atoms with E-state index in [0.29, 0.717) is 6.54 Å². The van der Waals surface area contributed by atoms with Gasteiger partial charge in [-0.3, -0.25) is 0 Å². The van der Waals surface area contributed by atoms with Gasteiger partial charge in [-0.05, 0) is 53.4 Å². The molecule has 3 aromatic rings. The van der Waals surface area contributed by atoms with E-state index in [-0.39, 0.29) is 0 Å². The number of hydrogen-bond donors (Lipinski definition) is 1. The van der Waals surface area contributed by atoms with Gasteiger partial charge in [-0.25, -0.2) is 0 Å². The second-order valence-corrected chi connectivity index (χ2v) is 8.17. The topological polar surface area (TPSA) is 39.7 Å². The Morgan fingerprint density at radius 1 is 0.848 bits per heavy atom. The molecule has 0 aliphatic rings. The molecule has 0 amide bonds. The summed E-state index contributed by atoms with van der Waals surface area (Å²) in [7, 11) is 3.35. The monoisotopic (exact) mass is 465 g/mol. The Bertz CT molecular complexity index is 1030. The zero-order valence-electron chi connectivity index (χ0n) is 19.6. The van der Waals surface area contributed by atoms with E-state index >= 15 is 0 Å². The fourth-order valence-corrected chi connectivity index (χ4v) is 3.53. The predicted molar refractivity (Wildman–Crippen MR) is 137 cm³/mol. The molecule has 5 heteroatoms. The van der Waals surface area contributed by atoms with Crippen molar-refractivity contribution in [1.29, 1.82) is 0 Å². The Morgan fingerprint density at radius 2 is 1.61 bits per heavy atom. The van der Waals surface area contributed by atoms with Crippen molar-refractivity contribution < 1.29 is 14.2 Å². The summed E-state index contributed by atoms with van der Waals surface area (Å²) in [6.45, 7) is 4.29. The maximum absolute atomic E-state index is 5.99. The van der Waals surface area contributed by atoms with Gasteiger partial charge in [-0.1, -0.05) is 61.4 Å². The molecule has 0 aromatic heterocycles. The smallest absolute Gasteiger partial charge is 0.127 e. The van der Waals surface area contributed by atoms with Gasteiger partial charge in [0.1, 0.15) is 17.2 Å². The summed E-state index contributed by atoms with van der Waals surface area (Å²) < 4.78 is 16.9. The van der Waals surface area contributed by atoms with Crippen LogP contribution in [0, 0.1) is 0 Å². The van der Waals surface area contributed by atoms with Gasteiger partial charge in [0.15, 0.2) is 0 Å². The number of unbranched alkanes of at least 4 members (excludes halogenated alkanes) is 1. The van der Waals surface area contributed by atoms with E-state index in [9.17, 15) is 0 Å². The summed E-state index contributed by atoms with van der Waals surface area (Å²) in [6.07, 6.45) is 6.37. The van der Waals surface area contributed by atoms with Crippen LogP contribution in [0.3, 0.4) is 0 Å². The third-order valence-corrected chi connectivity index (χ3v) is 5.57. The molecule has 3 rings (SSSR count). The van der Waals surface area contributed by atoms with Crippen LogP contribution in [0.1, 0.15) is 42.0 Å². The maximum atomic E-state index is 5.99. The van der Waals surface area contributed by atoms with E-state index in [1.807, 2.05) is 48.5 Å². The molecule has 174 valence electrons. The molecule has 0 aliphatic carbocycles. The van der Waals surface area contributed by atoms with Crippen molar-refractivity contribution in [1.82, 2.24) is 5.32 Å². The standard InChI is InChI=1S/C28H32ClNO3/c1-4-5-16-33-25-14-9-21(10-15-25)6-11-23-17-26(31-2)18-28(32-3)27(23)20-30-19-22-7-12-24(29)13-8-22/h6-15,17-18,30H,4-5,16,19-20H2,1-3H3/b11-6+. The summed E-state index contributed by atoms with van der Waals surface area (Å²) in [5.41, 5.74) is 4.38. The van der Waals surface area contributed by atoms with Crippen LogP contribution in [0.4, 0.5) is 0 Å². The molecule has 0 radical (unpaired) electrons. The average Bonchev–Trinajstić information content (AvgIpc) is 2.85. The second kappa shape index (κ2) is 12.9. The van der Waals surface area contributed by atoms with Crippen molar-refractivity contribution in [2.24, 2.45) is 0 Å². The normalized spacial score (nSPS) is 11.0. The van der Waals surface area contributed by atoms with Gasteiger partial charge >= 0.3 is 0 Å². The lowest BCUT2D eigenvalue weighted by Gasteiger charge is -2.15. The first-order chi connectivity index (χ1) is 16.1. The van der Waals surface area contributed by atoms with Gasteiger partial charge in [0.25, 0.3) is 0 Å². The molecule has 1 N–H and O–H groups in total. The Kier molecular flexibility index (Phi) is 9.67. The van der Waals surface area contributed by atoms with E-state index < -0.39 is 0 Å². The molecule has 0 fully saturated rings. The van der Waals surface area contributed by atoms with Gasteiger partial charge in [0.05, 0.1) is 20.8 Å². The molecule has 0 heterocycles. The third kappa shape index (κ3) is 7.55. The number of benzene rings is 3. The molecule has 4 nitrogen and oxygen atoms in total. The fourth-order valence-electron chi connectivity index (χ4n) is 3.41. The van der Waals surface area contributed by atoms with Crippen LogP contribution in [0.5, 0.6) is 17.2 Å². The van der Waals surface area contributed by atoms with Gasteiger partial charge in [-0.2, -0.15) is 0 Å². The molecule has 0 unspecified atom stereocenters. The quantitative estimate of drug-likeness (QED) is 0.231. The highest BCUT2D eigenvalue weighted by Crippen LogP contribution is 2.30. The molecule has 3 aromatic carbocycles. The van der Waals surface area contributed by atoms with E-state index in [4.69, 9.17) is 25.8 Å². The highest BCUT2D eigenvalue weighted by atomic mass is 35.5. The van der Waals surface area contributed by atoms with Crippen molar-refractivity contribution in [3.05, 3.63) is 87.9 Å². The van der Waals surface area contributed by atoms with Gasteiger partial charge in [0, 0.05) is 29.7 Å². The summed E-state index contributed by atoms with van der Waals surface area (Å²) in [5.74, 6) is 2.45. The van der Waals surface area contributed by atoms with E-state index in [2.05, 4.69) is 36.5 Å². The third-order valence-electron chi connectivity index (χ3n) is 5.32. The predicted octanol–water partition coefficient (Wildman–Crippen LogP) is 7.00. The first-order valence-electron chi connectivity index (χ1n) is 11.2. The van der Waals surface area contributed by atoms with E-state index in [1.54, 1.807) is 14.2 Å². The number of ether oxygens (including phenoxy) is 3. The molecular formula is C28H32ClNO3. The van der Waals surface area contributed by atoms with Crippen LogP contribution in [-0.2, 0) is 13.1 Å². The highest BCUT2D eigenvalue weighted by molar-refractivity contribution is 6.30. The van der Waals surface area contributed by atoms with Crippen molar-refractivity contribution in [3.8, 4) is 17.2 Å². The first kappa shape index (κ1) is 24.7. The van der Waals surface area contributed by atoms with Gasteiger partial charge in [0.2, 0.25) is 0 Å². The van der Waals surface area contributed by atoms with Crippen molar-refractivity contribution in [2.45, 2.75) is 32.9 Å². The minimum Gasteiger partial charge on any atom is -0.497 e. The highest BCUT2D eigenvalue weighted by Gasteiger charge is 2.11. The number of nitrogens with one attached hydrogen (secondary N) is 1. The van der Waals surface area contributed by atoms with Crippen LogP contribution in [0.15, 0.2) is 60.7 Å². The van der Waals surface area contributed by atoms with Crippen molar-refractivity contribution in [2.75, 3.05) is 20.8 Å². The summed E-state index contributed by atoms with van der Waals surface area (Å²) in [5, 5.41) is 4.25. The van der Waals surface area contributed by atoms with Gasteiger partial charge < -0.3 is 19.5 Å². The lowest BCUT2D eigenvalue weighted by molar-refractivity contribution is 0.309. The average molecular weight is 466 g/mol. The number of rotatable bonds is 12. The van der Waals surface area contributed by atoms with Crippen molar-refractivity contribution in [3.63, 3.8) is 0 Å². The SMILES string of the molecule is CCCCOc1ccc(/C=C/c2cc(OC)cc(OC)c2CNCc2ccc(Cl)cc2)cc1. The molecule has 0 spiro atoms. The van der Waals surface area contributed by atoms with Crippen molar-refractivity contribution >= 4 is 23.8 Å². The van der Waals surface area contributed by atoms with E-state index in [1.165, 1.54) is 5.56 Å². The van der Waals surface area contributed by atoms with Crippen LogP contribution in [0.25, 0.3) is 12.2 Å². The maximum Gasteiger partial charge on any atom is 0.127 e. The Labute approximate surface area is 202 Å². The number of hydrogen-bond acceptors (Lipinski definition) is 4. The zero-order valence-corrected chi connectivity index (χ0v) is 20.3. The van der Waals surface area contributed by atoms with Crippen LogP contribution < -0.4 is 19.5 Å². The van der Waals surface area contributed by atoms with Crippen LogP contribution in [0.2, 0.25) is 5.02 Å². The Hall–Kier alpha value is -2.95. The molecular weight excluding hydrogens is 434 g/mol. The summed E-state index contributed by atoms with van der Waals surface area (Å²) in [4.78, 5) is 0. The lowest BCUT2D eigenvalue weighted by atomic mass is 10.0. The summed E-state index contributed by atoms with van der Waals surface area (Å²) in [6, 6.07) is 19.9. The fraction of sp³-hybridized carbons (Fsp3) is 0.286. The Morgan fingerprint density at radius 3 is 2.27 bits per heavy atom. The van der Waals surface area contributed by atoms with Gasteiger partial charge in [-0.15, -0.1) is 0 Å². The van der Waals surface area contributed by atoms with Crippen LogP contribution >= 0.6 is 11.6 Å². The minimum absolute atomic E-state index is 0.652. The van der Waals surface area contributed by atoms with Crippen LogP contribution in [-0.4, -0.2) is 20.8 Å². The summed E-state index contributed by atoms with van der Waals surface area (Å²) >= 11 is 5.99. The Balaban J connectivity index is 1.75. The molecule has 0 bridgehead atoms. The molecule has 0 saturated carbocycles.